The molecule has 0 radical (unpaired) electrons. The predicted molar refractivity (Wildman–Crippen MR) is 72.8 cm³/mol. The van der Waals surface area contributed by atoms with Crippen molar-refractivity contribution >= 4 is 16.0 Å². The zero-order valence-corrected chi connectivity index (χ0v) is 11.7. The molecule has 0 spiro atoms. The maximum atomic E-state index is 12.0. The first-order chi connectivity index (χ1) is 8.88. The molecular formula is C13H17NO4S. The Morgan fingerprint density at radius 2 is 2.11 bits per heavy atom. The van der Waals surface area contributed by atoms with Crippen molar-refractivity contribution in [1.29, 1.82) is 0 Å². The van der Waals surface area contributed by atoms with Gasteiger partial charge in [0.15, 0.2) is 0 Å². The normalized spacial score (nSPS) is 11.9. The van der Waals surface area contributed by atoms with E-state index in [1.807, 2.05) is 19.1 Å². The Kier molecular flexibility index (Phi) is 5.26. The van der Waals surface area contributed by atoms with Crippen LogP contribution in [-0.4, -0.2) is 26.0 Å². The van der Waals surface area contributed by atoms with Gasteiger partial charge >= 0.3 is 5.97 Å². The lowest BCUT2D eigenvalue weighted by Crippen LogP contribution is -2.24. The molecule has 0 amide bonds. The Balaban J connectivity index is 2.95. The fraction of sp³-hybridized carbons (Fsp3) is 0.308. The van der Waals surface area contributed by atoms with Crippen molar-refractivity contribution in [2.75, 3.05) is 6.54 Å². The van der Waals surface area contributed by atoms with Gasteiger partial charge in [0.2, 0.25) is 10.0 Å². The van der Waals surface area contributed by atoms with Crippen molar-refractivity contribution in [1.82, 2.24) is 4.72 Å². The number of benzene rings is 1. The topological polar surface area (TPSA) is 83.5 Å². The minimum atomic E-state index is -3.66. The Morgan fingerprint density at radius 1 is 1.42 bits per heavy atom. The minimum Gasteiger partial charge on any atom is -0.478 e. The molecular weight excluding hydrogens is 266 g/mol. The van der Waals surface area contributed by atoms with Crippen LogP contribution >= 0.6 is 0 Å². The zero-order valence-electron chi connectivity index (χ0n) is 10.9. The molecule has 104 valence electrons. The number of hydrogen-bond acceptors (Lipinski definition) is 3. The summed E-state index contributed by atoms with van der Waals surface area (Å²) in [7, 11) is -3.66. The van der Waals surface area contributed by atoms with Gasteiger partial charge in [-0.3, -0.25) is 0 Å². The molecule has 2 N–H and O–H groups in total. The van der Waals surface area contributed by atoms with E-state index in [2.05, 4.69) is 4.72 Å². The van der Waals surface area contributed by atoms with Crippen LogP contribution in [0.1, 0.15) is 29.3 Å². The molecule has 19 heavy (non-hydrogen) atoms. The molecule has 1 aromatic rings. The van der Waals surface area contributed by atoms with Gasteiger partial charge in [0.05, 0.1) is 10.5 Å². The maximum absolute atomic E-state index is 12.0. The van der Waals surface area contributed by atoms with E-state index in [4.69, 9.17) is 5.11 Å². The van der Waals surface area contributed by atoms with E-state index in [0.717, 1.165) is 0 Å². The number of aromatic carboxylic acids is 1. The van der Waals surface area contributed by atoms with Crippen molar-refractivity contribution in [2.45, 2.75) is 25.2 Å². The second-order valence-electron chi connectivity index (χ2n) is 4.04. The van der Waals surface area contributed by atoms with Crippen LogP contribution in [0, 0.1) is 6.92 Å². The number of aryl methyl sites for hydroxylation is 1. The monoisotopic (exact) mass is 283 g/mol. The van der Waals surface area contributed by atoms with Gasteiger partial charge in [0.1, 0.15) is 0 Å². The van der Waals surface area contributed by atoms with Crippen molar-refractivity contribution in [2.24, 2.45) is 0 Å². The average molecular weight is 283 g/mol. The number of nitrogens with one attached hydrogen (secondary N) is 1. The number of hydrogen-bond donors (Lipinski definition) is 2. The summed E-state index contributed by atoms with van der Waals surface area (Å²) in [5, 5.41) is 8.98. The summed E-state index contributed by atoms with van der Waals surface area (Å²) in [6, 6.07) is 4.07. The summed E-state index contributed by atoms with van der Waals surface area (Å²) < 4.78 is 26.3. The molecule has 0 heterocycles. The van der Waals surface area contributed by atoms with E-state index in [1.54, 1.807) is 6.92 Å². The van der Waals surface area contributed by atoms with Gasteiger partial charge in [0, 0.05) is 6.54 Å². The predicted octanol–water partition coefficient (Wildman–Crippen LogP) is 1.94. The van der Waals surface area contributed by atoms with Crippen LogP contribution in [-0.2, 0) is 10.0 Å². The van der Waals surface area contributed by atoms with Gasteiger partial charge < -0.3 is 5.11 Å². The third kappa shape index (κ3) is 4.18. The number of carboxylic acids is 1. The molecule has 0 aromatic heterocycles. The van der Waals surface area contributed by atoms with Crippen molar-refractivity contribution in [3.8, 4) is 0 Å². The Morgan fingerprint density at radius 3 is 2.68 bits per heavy atom. The largest absolute Gasteiger partial charge is 0.478 e. The molecule has 0 aliphatic rings. The Hall–Kier alpha value is -1.66. The SMILES string of the molecule is C/C=C/CCNS(=O)(=O)c1ccc(C)c(C(=O)O)c1. The third-order valence-corrected chi connectivity index (χ3v) is 4.05. The van der Waals surface area contributed by atoms with Crippen LogP contribution in [0.2, 0.25) is 0 Å². The van der Waals surface area contributed by atoms with Crippen LogP contribution in [0.3, 0.4) is 0 Å². The highest BCUT2D eigenvalue weighted by Crippen LogP contribution is 2.15. The Labute approximate surface area is 113 Å². The second-order valence-corrected chi connectivity index (χ2v) is 5.80. The van der Waals surface area contributed by atoms with E-state index in [0.29, 0.717) is 12.0 Å². The molecule has 0 bridgehead atoms. The standard InChI is InChI=1S/C13H17NO4S/c1-3-4-5-8-14-19(17,18)11-7-6-10(2)12(9-11)13(15)16/h3-4,6-7,9,14H,5,8H2,1-2H3,(H,15,16)/b4-3+. The van der Waals surface area contributed by atoms with E-state index in [9.17, 15) is 13.2 Å². The number of carboxylic acid groups (broad SMARTS) is 1. The van der Waals surface area contributed by atoms with Crippen molar-refractivity contribution in [3.05, 3.63) is 41.5 Å². The van der Waals surface area contributed by atoms with Crippen LogP contribution in [0.5, 0.6) is 0 Å². The van der Waals surface area contributed by atoms with Crippen molar-refractivity contribution < 1.29 is 18.3 Å². The van der Waals surface area contributed by atoms with E-state index in [-0.39, 0.29) is 17.0 Å². The summed E-state index contributed by atoms with van der Waals surface area (Å²) in [6.07, 6.45) is 4.27. The number of carbonyl (C=O) groups is 1. The summed E-state index contributed by atoms with van der Waals surface area (Å²) in [5.74, 6) is -1.14. The highest BCUT2D eigenvalue weighted by atomic mass is 32.2. The van der Waals surface area contributed by atoms with Gasteiger partial charge in [0.25, 0.3) is 0 Å². The first kappa shape index (κ1) is 15.4. The van der Waals surface area contributed by atoms with E-state index < -0.39 is 16.0 Å². The quantitative estimate of drug-likeness (QED) is 0.617. The minimum absolute atomic E-state index is 0.00340. The molecule has 5 nitrogen and oxygen atoms in total. The molecule has 0 aliphatic carbocycles. The van der Waals surface area contributed by atoms with Crippen LogP contribution in [0.25, 0.3) is 0 Å². The third-order valence-electron chi connectivity index (χ3n) is 2.59. The first-order valence-electron chi connectivity index (χ1n) is 5.83. The molecule has 0 aliphatic heterocycles. The molecule has 0 unspecified atom stereocenters. The molecule has 6 heteroatoms. The number of sulfonamides is 1. The lowest BCUT2D eigenvalue weighted by Gasteiger charge is -2.08. The molecule has 0 fully saturated rings. The first-order valence-corrected chi connectivity index (χ1v) is 7.31. The summed E-state index contributed by atoms with van der Waals surface area (Å²) >= 11 is 0. The summed E-state index contributed by atoms with van der Waals surface area (Å²) in [6.45, 7) is 3.76. The summed E-state index contributed by atoms with van der Waals surface area (Å²) in [4.78, 5) is 10.9. The van der Waals surface area contributed by atoms with Gasteiger partial charge in [-0.1, -0.05) is 18.2 Å². The maximum Gasteiger partial charge on any atom is 0.335 e. The van der Waals surface area contributed by atoms with Crippen molar-refractivity contribution in [3.63, 3.8) is 0 Å². The van der Waals surface area contributed by atoms with E-state index in [1.165, 1.54) is 18.2 Å². The molecule has 1 rings (SSSR count). The zero-order chi connectivity index (χ0) is 14.5. The number of rotatable bonds is 6. The van der Waals surface area contributed by atoms with Gasteiger partial charge in [-0.2, -0.15) is 0 Å². The second kappa shape index (κ2) is 6.49. The fourth-order valence-electron chi connectivity index (χ4n) is 1.53. The highest BCUT2D eigenvalue weighted by Gasteiger charge is 2.16. The van der Waals surface area contributed by atoms with Gasteiger partial charge in [-0.25, -0.2) is 17.9 Å². The number of allylic oxidation sites excluding steroid dienone is 1. The van der Waals surface area contributed by atoms with Crippen LogP contribution in [0.4, 0.5) is 0 Å². The molecule has 0 atom stereocenters. The smallest absolute Gasteiger partial charge is 0.335 e. The molecule has 1 aromatic carbocycles. The Bertz CT molecular complexity index is 591. The highest BCUT2D eigenvalue weighted by molar-refractivity contribution is 7.89. The van der Waals surface area contributed by atoms with Crippen LogP contribution in [0.15, 0.2) is 35.2 Å². The lowest BCUT2D eigenvalue weighted by atomic mass is 10.1. The molecule has 0 saturated heterocycles. The lowest BCUT2D eigenvalue weighted by molar-refractivity contribution is 0.0696. The van der Waals surface area contributed by atoms with Crippen LogP contribution < -0.4 is 4.72 Å². The fourth-order valence-corrected chi connectivity index (χ4v) is 2.60. The summed E-state index contributed by atoms with van der Waals surface area (Å²) in [5.41, 5.74) is 0.525. The van der Waals surface area contributed by atoms with E-state index >= 15 is 0 Å². The average Bonchev–Trinajstić information content (AvgIpc) is 2.34. The van der Waals surface area contributed by atoms with Gasteiger partial charge in [-0.05, 0) is 38.0 Å². The molecule has 0 saturated carbocycles. The van der Waals surface area contributed by atoms with Gasteiger partial charge in [-0.15, -0.1) is 0 Å².